The zero-order valence-corrected chi connectivity index (χ0v) is 18.6. The van der Waals surface area contributed by atoms with Crippen molar-refractivity contribution >= 4 is 29.0 Å². The average Bonchev–Trinajstić information content (AvgIpc) is 3.49. The Bertz CT molecular complexity index is 1360. The molecular weight excluding hydrogens is 438 g/mol. The van der Waals surface area contributed by atoms with E-state index in [-0.39, 0.29) is 18.4 Å². The molecule has 2 aromatic heterocycles. The van der Waals surface area contributed by atoms with E-state index >= 15 is 0 Å². The lowest BCUT2D eigenvalue weighted by Gasteiger charge is -2.27. The molecule has 0 unspecified atom stereocenters. The Morgan fingerprint density at radius 3 is 2.74 bits per heavy atom. The summed E-state index contributed by atoms with van der Waals surface area (Å²) in [5, 5.41) is 18.6. The molecule has 0 saturated carbocycles. The number of hydrogen-bond acceptors (Lipinski definition) is 6. The summed E-state index contributed by atoms with van der Waals surface area (Å²) in [5.41, 5.74) is 4.30. The molecular formula is C24H23N5O5. The molecule has 1 atom stereocenters. The molecule has 174 valence electrons. The molecule has 5 heterocycles. The predicted octanol–water partition coefficient (Wildman–Crippen LogP) is 2.92. The number of carbonyl (C=O) groups excluding carboxylic acids is 1. The van der Waals surface area contributed by atoms with Gasteiger partial charge in [-0.1, -0.05) is 18.2 Å². The quantitative estimate of drug-likeness (QED) is 0.593. The molecule has 1 N–H and O–H groups in total. The van der Waals surface area contributed by atoms with Crippen molar-refractivity contribution in [2.24, 2.45) is 0 Å². The van der Waals surface area contributed by atoms with Gasteiger partial charge >= 0.3 is 6.09 Å². The average molecular weight is 461 g/mol. The Morgan fingerprint density at radius 1 is 1.18 bits per heavy atom. The van der Waals surface area contributed by atoms with E-state index < -0.39 is 6.09 Å². The van der Waals surface area contributed by atoms with Crippen LogP contribution in [-0.2, 0) is 11.3 Å². The van der Waals surface area contributed by atoms with E-state index in [0.717, 1.165) is 28.0 Å². The third-order valence-electron chi connectivity index (χ3n) is 6.77. The second-order valence-electron chi connectivity index (χ2n) is 8.73. The molecule has 3 aromatic rings. The number of pyridine rings is 1. The van der Waals surface area contributed by atoms with Crippen LogP contribution in [0, 0.1) is 0 Å². The molecule has 0 aliphatic carbocycles. The molecule has 3 aliphatic heterocycles. The molecule has 0 spiro atoms. The van der Waals surface area contributed by atoms with E-state index in [1.807, 2.05) is 30.3 Å². The molecule has 0 saturated heterocycles. The minimum atomic E-state index is -1.10. The standard InChI is InChI=1S/C24H23N5O5/c1-14(30)27-7-5-15(6-8-27)18-9-20-23(29-13-25-26-22(18)29)28(24(31)32)10-16-3-2-4-19-21(16)17(11-33-19)12-34-20/h2-5,9,13,17H,6-8,10-12H2,1H3,(H,31,32)/t17-/m0/s1. The number of ether oxygens (including phenoxy) is 2. The number of carboxylic acid groups (broad SMARTS) is 1. The largest absolute Gasteiger partial charge is 0.493 e. The summed E-state index contributed by atoms with van der Waals surface area (Å²) < 4.78 is 13.8. The first-order valence-corrected chi connectivity index (χ1v) is 11.2. The highest BCUT2D eigenvalue weighted by Gasteiger charge is 2.34. The lowest BCUT2D eigenvalue weighted by atomic mass is 9.96. The number of rotatable bonds is 1. The summed E-state index contributed by atoms with van der Waals surface area (Å²) in [4.78, 5) is 27.3. The van der Waals surface area contributed by atoms with Crippen molar-refractivity contribution < 1.29 is 24.2 Å². The maximum Gasteiger partial charge on any atom is 0.413 e. The maximum atomic E-state index is 12.5. The summed E-state index contributed by atoms with van der Waals surface area (Å²) in [6, 6.07) is 7.59. The monoisotopic (exact) mass is 461 g/mol. The fraction of sp³-hybridized carbons (Fsp3) is 0.333. The lowest BCUT2D eigenvalue weighted by molar-refractivity contribution is -0.128. The van der Waals surface area contributed by atoms with Crippen LogP contribution in [0.4, 0.5) is 10.6 Å². The van der Waals surface area contributed by atoms with Crippen molar-refractivity contribution in [3.05, 3.63) is 53.4 Å². The Morgan fingerprint density at radius 2 is 2.00 bits per heavy atom. The van der Waals surface area contributed by atoms with Gasteiger partial charge in [0.05, 0.1) is 25.7 Å². The molecule has 0 fully saturated rings. The first kappa shape index (κ1) is 20.5. The number of hydrogen-bond donors (Lipinski definition) is 1. The van der Waals surface area contributed by atoms with Gasteiger partial charge < -0.3 is 19.5 Å². The van der Waals surface area contributed by atoms with Gasteiger partial charge in [-0.15, -0.1) is 10.2 Å². The van der Waals surface area contributed by atoms with Gasteiger partial charge in [-0.3, -0.25) is 14.1 Å². The molecule has 10 nitrogen and oxygen atoms in total. The number of nitrogens with zero attached hydrogens (tertiary/aromatic N) is 5. The van der Waals surface area contributed by atoms with Crippen LogP contribution in [0.1, 0.15) is 36.0 Å². The third kappa shape index (κ3) is 3.17. The van der Waals surface area contributed by atoms with E-state index in [1.54, 1.807) is 16.2 Å². The van der Waals surface area contributed by atoms with Gasteiger partial charge in [-0.25, -0.2) is 4.79 Å². The van der Waals surface area contributed by atoms with Gasteiger partial charge in [0, 0.05) is 31.1 Å². The zero-order valence-electron chi connectivity index (χ0n) is 18.6. The fourth-order valence-electron chi connectivity index (χ4n) is 5.07. The maximum absolute atomic E-state index is 12.5. The summed E-state index contributed by atoms with van der Waals surface area (Å²) >= 11 is 0. The molecule has 0 radical (unpaired) electrons. The van der Waals surface area contributed by atoms with Crippen molar-refractivity contribution in [2.45, 2.75) is 25.8 Å². The Kier molecular flexibility index (Phi) is 4.68. The number of amides is 2. The number of anilines is 1. The van der Waals surface area contributed by atoms with E-state index in [1.165, 1.54) is 11.2 Å². The minimum absolute atomic E-state index is 0.00544. The lowest BCUT2D eigenvalue weighted by Crippen LogP contribution is -2.33. The normalized spacial score (nSPS) is 19.2. The van der Waals surface area contributed by atoms with Crippen LogP contribution in [0.3, 0.4) is 0 Å². The van der Waals surface area contributed by atoms with Crippen molar-refractivity contribution in [1.29, 1.82) is 0 Å². The Labute approximate surface area is 195 Å². The molecule has 0 bridgehead atoms. The van der Waals surface area contributed by atoms with Gasteiger partial charge in [-0.2, -0.15) is 0 Å². The van der Waals surface area contributed by atoms with Crippen LogP contribution in [-0.4, -0.2) is 62.9 Å². The van der Waals surface area contributed by atoms with Crippen LogP contribution in [0.25, 0.3) is 11.2 Å². The highest BCUT2D eigenvalue weighted by molar-refractivity contribution is 5.90. The summed E-state index contributed by atoms with van der Waals surface area (Å²) in [5.74, 6) is 1.64. The van der Waals surface area contributed by atoms with Crippen LogP contribution in [0.15, 0.2) is 36.7 Å². The first-order chi connectivity index (χ1) is 16.5. The second kappa shape index (κ2) is 7.75. The van der Waals surface area contributed by atoms with Gasteiger partial charge in [0.15, 0.2) is 17.2 Å². The van der Waals surface area contributed by atoms with Crippen LogP contribution >= 0.6 is 0 Å². The highest BCUT2D eigenvalue weighted by atomic mass is 16.5. The van der Waals surface area contributed by atoms with Crippen LogP contribution in [0.5, 0.6) is 11.5 Å². The van der Waals surface area contributed by atoms with E-state index in [9.17, 15) is 14.7 Å². The first-order valence-electron chi connectivity index (χ1n) is 11.2. The predicted molar refractivity (Wildman–Crippen MR) is 122 cm³/mol. The Balaban J connectivity index is 1.51. The van der Waals surface area contributed by atoms with Gasteiger partial charge in [0.1, 0.15) is 12.1 Å². The number of carbonyl (C=O) groups is 2. The molecule has 34 heavy (non-hydrogen) atoms. The number of fused-ring (bicyclic) bond motifs is 3. The van der Waals surface area contributed by atoms with E-state index in [4.69, 9.17) is 9.47 Å². The van der Waals surface area contributed by atoms with Gasteiger partial charge in [0.25, 0.3) is 0 Å². The highest BCUT2D eigenvalue weighted by Crippen LogP contribution is 2.42. The van der Waals surface area contributed by atoms with Crippen molar-refractivity contribution in [2.75, 3.05) is 31.2 Å². The molecule has 6 rings (SSSR count). The minimum Gasteiger partial charge on any atom is -0.493 e. The number of aromatic nitrogens is 3. The zero-order chi connectivity index (χ0) is 23.4. The molecule has 3 aliphatic rings. The van der Waals surface area contributed by atoms with Crippen LogP contribution < -0.4 is 14.4 Å². The smallest absolute Gasteiger partial charge is 0.413 e. The van der Waals surface area contributed by atoms with Crippen molar-refractivity contribution in [3.8, 4) is 11.5 Å². The van der Waals surface area contributed by atoms with Crippen molar-refractivity contribution in [1.82, 2.24) is 19.5 Å². The topological polar surface area (TPSA) is 110 Å². The van der Waals surface area contributed by atoms with E-state index in [2.05, 4.69) is 10.2 Å². The van der Waals surface area contributed by atoms with Gasteiger partial charge in [0.2, 0.25) is 5.91 Å². The molecule has 2 amide bonds. The fourth-order valence-corrected chi connectivity index (χ4v) is 5.07. The Hall–Kier alpha value is -4.08. The van der Waals surface area contributed by atoms with E-state index in [0.29, 0.717) is 49.9 Å². The van der Waals surface area contributed by atoms with Crippen molar-refractivity contribution in [3.63, 3.8) is 0 Å². The molecule has 1 aromatic carbocycles. The van der Waals surface area contributed by atoms with Gasteiger partial charge in [-0.05, 0) is 29.7 Å². The number of benzene rings is 1. The third-order valence-corrected chi connectivity index (χ3v) is 6.77. The van der Waals surface area contributed by atoms with Crippen LogP contribution in [0.2, 0.25) is 0 Å². The molecule has 10 heteroatoms. The summed E-state index contributed by atoms with van der Waals surface area (Å²) in [6.07, 6.45) is 3.09. The summed E-state index contributed by atoms with van der Waals surface area (Å²) in [6.45, 7) is 3.68. The summed E-state index contributed by atoms with van der Waals surface area (Å²) in [7, 11) is 0. The SMILES string of the molecule is CC(=O)N1CC=C(c2cc3c(n4cnnc24)N(C(=O)O)Cc2cccc4c2[C@@H](CO4)CO3)CC1. The second-order valence-corrected chi connectivity index (χ2v) is 8.73.